The number of carbonyl (C=O) groups excluding carboxylic acids is 3. The van der Waals surface area contributed by atoms with Gasteiger partial charge in [0.2, 0.25) is 17.6 Å². The normalized spacial score (nSPS) is 24.6. The maximum Gasteiger partial charge on any atom is 0.416 e. The van der Waals surface area contributed by atoms with Crippen molar-refractivity contribution >= 4 is 46.4 Å². The molecule has 0 bridgehead atoms. The zero-order valence-corrected chi connectivity index (χ0v) is 33.2. The second-order valence-corrected chi connectivity index (χ2v) is 17.1. The molecule has 2 aliphatic carbocycles. The van der Waals surface area contributed by atoms with Crippen molar-refractivity contribution in [2.75, 3.05) is 38.2 Å². The first-order valence-electron chi connectivity index (χ1n) is 19.6. The number of aromatic nitrogens is 6. The van der Waals surface area contributed by atoms with Crippen LogP contribution in [0.15, 0.2) is 35.4 Å². The highest BCUT2D eigenvalue weighted by atomic mass is 35.5. The Morgan fingerprint density at radius 1 is 1.14 bits per heavy atom. The molecule has 4 aromatic rings. The number of halogens is 4. The van der Waals surface area contributed by atoms with Crippen molar-refractivity contribution in [3.05, 3.63) is 80.0 Å². The van der Waals surface area contributed by atoms with E-state index in [1.807, 2.05) is 13.0 Å². The fourth-order valence-electron chi connectivity index (χ4n) is 9.94. The van der Waals surface area contributed by atoms with Gasteiger partial charge < -0.3 is 29.5 Å². The quantitative estimate of drug-likeness (QED) is 0.283. The molecule has 4 atom stereocenters. The average Bonchev–Trinajstić information content (AvgIpc) is 3.74. The van der Waals surface area contributed by atoms with Gasteiger partial charge in [0, 0.05) is 42.3 Å². The zero-order valence-electron chi connectivity index (χ0n) is 32.5. The van der Waals surface area contributed by atoms with E-state index in [9.17, 15) is 37.5 Å². The SMILES string of the molecule is Cc1ncnc(C(=O)N2CC[C@]3(c4c(n(CC(=O)Nc5ccc(C(F)(F)F)cc5Cl)c5nc(C6=CCN(C(=O)C7(C)COC7)CC6)nn5c4=O)C[C@H]3C)C3CCC32)c1O. The molecular weight excluding hydrogens is 795 g/mol. The van der Waals surface area contributed by atoms with E-state index >= 15 is 0 Å². The second-order valence-electron chi connectivity index (χ2n) is 16.7. The molecule has 1 aromatic carbocycles. The molecule has 15 nitrogen and oxygen atoms in total. The Labute approximate surface area is 340 Å². The minimum Gasteiger partial charge on any atom is -0.504 e. The molecule has 2 N–H and O–H groups in total. The molecular formula is C40H41ClF3N9O6. The van der Waals surface area contributed by atoms with Gasteiger partial charge >= 0.3 is 6.18 Å². The number of ether oxygens (including phenoxy) is 1. The van der Waals surface area contributed by atoms with Crippen molar-refractivity contribution in [2.24, 2.45) is 17.3 Å². The first-order chi connectivity index (χ1) is 28.0. The van der Waals surface area contributed by atoms with Gasteiger partial charge in [-0.2, -0.15) is 22.7 Å². The number of aromatic hydroxyl groups is 1. The van der Waals surface area contributed by atoms with Gasteiger partial charge in [0.25, 0.3) is 11.5 Å². The summed E-state index contributed by atoms with van der Waals surface area (Å²) in [6, 6.07) is 2.43. The number of aryl methyl sites for hydroxylation is 1. The lowest BCUT2D eigenvalue weighted by Gasteiger charge is -2.58. The number of likely N-dealkylation sites (tertiary alicyclic amines) is 1. The van der Waals surface area contributed by atoms with Crippen molar-refractivity contribution in [3.63, 3.8) is 0 Å². The molecule has 3 aliphatic heterocycles. The van der Waals surface area contributed by atoms with E-state index in [1.165, 1.54) is 10.8 Å². The van der Waals surface area contributed by atoms with Crippen molar-refractivity contribution in [1.82, 2.24) is 38.9 Å². The summed E-state index contributed by atoms with van der Waals surface area (Å²) in [6.07, 6.45) is 1.16. The van der Waals surface area contributed by atoms with Crippen LogP contribution in [0.3, 0.4) is 0 Å². The van der Waals surface area contributed by atoms with Gasteiger partial charge in [-0.15, -0.1) is 5.10 Å². The molecule has 59 heavy (non-hydrogen) atoms. The first kappa shape index (κ1) is 39.1. The van der Waals surface area contributed by atoms with Crippen LogP contribution in [0.25, 0.3) is 11.4 Å². The lowest BCUT2D eigenvalue weighted by atomic mass is 9.53. The van der Waals surface area contributed by atoms with Crippen LogP contribution in [0.1, 0.15) is 78.4 Å². The molecule has 3 amide bonds. The number of anilines is 1. The number of rotatable bonds is 6. The van der Waals surface area contributed by atoms with Gasteiger partial charge in [-0.1, -0.05) is 24.6 Å². The van der Waals surface area contributed by atoms with Crippen LogP contribution in [0.4, 0.5) is 18.9 Å². The summed E-state index contributed by atoms with van der Waals surface area (Å²) in [7, 11) is 0. The lowest BCUT2D eigenvalue weighted by Crippen LogP contribution is -2.64. The van der Waals surface area contributed by atoms with Gasteiger partial charge in [0.05, 0.1) is 40.6 Å². The predicted molar refractivity (Wildman–Crippen MR) is 206 cm³/mol. The third-order valence-electron chi connectivity index (χ3n) is 13.2. The van der Waals surface area contributed by atoms with E-state index in [0.29, 0.717) is 63.2 Å². The highest BCUT2D eigenvalue weighted by Crippen LogP contribution is 2.59. The summed E-state index contributed by atoms with van der Waals surface area (Å²) in [4.78, 5) is 72.3. The molecule has 3 fully saturated rings. The average molecular weight is 836 g/mol. The van der Waals surface area contributed by atoms with Crippen LogP contribution < -0.4 is 10.9 Å². The number of fused-ring (bicyclic) bond motifs is 5. The molecule has 310 valence electrons. The predicted octanol–water partition coefficient (Wildman–Crippen LogP) is 4.41. The van der Waals surface area contributed by atoms with E-state index in [1.54, 1.807) is 21.3 Å². The summed E-state index contributed by atoms with van der Waals surface area (Å²) in [5.74, 6) is -1.12. The Kier molecular flexibility index (Phi) is 9.19. The van der Waals surface area contributed by atoms with E-state index in [0.717, 1.165) is 30.2 Å². The highest BCUT2D eigenvalue weighted by Gasteiger charge is 2.61. The van der Waals surface area contributed by atoms with Gasteiger partial charge in [-0.3, -0.25) is 19.2 Å². The molecule has 0 radical (unpaired) electrons. The van der Waals surface area contributed by atoms with Crippen molar-refractivity contribution in [1.29, 1.82) is 0 Å². The topological polar surface area (TPSA) is 177 Å². The van der Waals surface area contributed by atoms with Crippen LogP contribution in [0.5, 0.6) is 5.75 Å². The molecule has 3 aromatic heterocycles. The Morgan fingerprint density at radius 3 is 2.56 bits per heavy atom. The minimum atomic E-state index is -4.63. The smallest absolute Gasteiger partial charge is 0.416 e. The van der Waals surface area contributed by atoms with E-state index in [2.05, 4.69) is 22.2 Å². The Bertz CT molecular complexity index is 2550. The van der Waals surface area contributed by atoms with E-state index in [4.69, 9.17) is 26.4 Å². The van der Waals surface area contributed by atoms with Crippen LogP contribution in [-0.4, -0.2) is 101 Å². The van der Waals surface area contributed by atoms with Gasteiger partial charge in [0.15, 0.2) is 17.3 Å². The Morgan fingerprint density at radius 2 is 1.92 bits per heavy atom. The molecule has 1 saturated carbocycles. The van der Waals surface area contributed by atoms with Crippen molar-refractivity contribution in [2.45, 2.75) is 77.1 Å². The number of carbonyl (C=O) groups is 3. The Balaban J connectivity index is 1.10. The van der Waals surface area contributed by atoms with Crippen molar-refractivity contribution in [3.8, 4) is 5.75 Å². The summed E-state index contributed by atoms with van der Waals surface area (Å²) in [5.41, 5.74) is -0.563. The lowest BCUT2D eigenvalue weighted by molar-refractivity contribution is -0.168. The van der Waals surface area contributed by atoms with Crippen LogP contribution in [0.2, 0.25) is 5.02 Å². The fraction of sp³-hybridized carbons (Fsp3) is 0.500. The summed E-state index contributed by atoms with van der Waals surface area (Å²) in [6.45, 7) is 6.92. The largest absolute Gasteiger partial charge is 0.504 e. The second kappa shape index (κ2) is 13.9. The van der Waals surface area contributed by atoms with Gasteiger partial charge in [-0.05, 0) is 81.6 Å². The zero-order chi connectivity index (χ0) is 41.8. The molecule has 2 unspecified atom stereocenters. The van der Waals surface area contributed by atoms with Crippen LogP contribution in [0, 0.1) is 24.2 Å². The summed E-state index contributed by atoms with van der Waals surface area (Å²) in [5, 5.41) is 17.8. The van der Waals surface area contributed by atoms with Crippen LogP contribution in [-0.2, 0) is 38.9 Å². The standard InChI is InChI=1S/C40H41ClF3N9O6/c1-20-14-28-30(39(20)10-13-51(27-7-5-24(27)39)35(57)31-32(55)21(2)45-19-46-31)34(56)53-37(52(28)16-29(54)47-26-6-4-23(15-25(26)41)40(42,43)44)48-33(49-53)22-8-11-50(12-9-22)36(58)38(3)17-59-18-38/h4,6,8,15,19-20,24,27,55H,5,7,9-14,16-18H2,1-3H3,(H,47,54)/t20-,24?,27?,39-/m1/s1. The number of nitrogens with zero attached hydrogens (tertiary/aromatic N) is 8. The molecule has 19 heteroatoms. The number of benzene rings is 1. The molecule has 9 rings (SSSR count). The third-order valence-corrected chi connectivity index (χ3v) is 13.6. The highest BCUT2D eigenvalue weighted by molar-refractivity contribution is 6.33. The van der Waals surface area contributed by atoms with Gasteiger partial charge in [0.1, 0.15) is 12.9 Å². The maximum atomic E-state index is 14.9. The number of hydrogen-bond acceptors (Lipinski definition) is 10. The molecule has 5 aliphatic rings. The summed E-state index contributed by atoms with van der Waals surface area (Å²) < 4.78 is 48.3. The van der Waals surface area contributed by atoms with Gasteiger partial charge in [-0.25, -0.2) is 9.97 Å². The first-order valence-corrected chi connectivity index (χ1v) is 20.0. The van der Waals surface area contributed by atoms with Crippen molar-refractivity contribution < 1.29 is 37.4 Å². The van der Waals surface area contributed by atoms with E-state index in [-0.39, 0.29) is 81.9 Å². The molecule has 2 saturated heterocycles. The number of nitrogens with one attached hydrogen (secondary N) is 1. The minimum absolute atomic E-state index is 0.00250. The number of piperidine rings is 1. The summed E-state index contributed by atoms with van der Waals surface area (Å²) >= 11 is 6.21. The monoisotopic (exact) mass is 835 g/mol. The van der Waals surface area contributed by atoms with Crippen LogP contribution >= 0.6 is 11.6 Å². The maximum absolute atomic E-state index is 14.9. The third kappa shape index (κ3) is 6.11. The molecule has 1 spiro atoms. The fourth-order valence-corrected chi connectivity index (χ4v) is 10.2. The Hall–Kier alpha value is -5.36. The number of alkyl halides is 3. The molecule has 6 heterocycles. The number of hydrogen-bond donors (Lipinski definition) is 2. The number of amides is 3. The van der Waals surface area contributed by atoms with E-state index < -0.39 is 34.4 Å².